The summed E-state index contributed by atoms with van der Waals surface area (Å²) in [6, 6.07) is 0.472. The van der Waals surface area contributed by atoms with Crippen molar-refractivity contribution in [2.24, 2.45) is 0 Å². The van der Waals surface area contributed by atoms with Gasteiger partial charge in [0, 0.05) is 18.5 Å². The topological polar surface area (TPSA) is 62.4 Å². The predicted octanol–water partition coefficient (Wildman–Crippen LogP) is 1.93. The molecule has 0 aliphatic heterocycles. The molecule has 1 aromatic rings. The molecule has 2 rings (SSSR count). The minimum Gasteiger partial charge on any atom is -0.395 e. The van der Waals surface area contributed by atoms with E-state index in [0.717, 1.165) is 24.6 Å². The Kier molecular flexibility index (Phi) is 4.72. The molecule has 0 bridgehead atoms. The van der Waals surface area contributed by atoms with E-state index in [1.165, 1.54) is 12.8 Å². The summed E-state index contributed by atoms with van der Waals surface area (Å²) < 4.78 is 5.26. The third kappa shape index (κ3) is 3.29. The molecule has 5 heteroatoms. The van der Waals surface area contributed by atoms with E-state index in [1.54, 1.807) is 0 Å². The molecule has 1 aromatic heterocycles. The van der Waals surface area contributed by atoms with Gasteiger partial charge in [0.2, 0.25) is 5.89 Å². The van der Waals surface area contributed by atoms with Crippen LogP contribution >= 0.6 is 0 Å². The second kappa shape index (κ2) is 6.29. The number of aliphatic hydroxyl groups excluding tert-OH is 1. The highest BCUT2D eigenvalue weighted by atomic mass is 16.5. The van der Waals surface area contributed by atoms with Gasteiger partial charge in [0.1, 0.15) is 0 Å². The molecule has 0 atom stereocenters. The number of hydrogen-bond donors (Lipinski definition) is 1. The SMILES string of the molecule is CCC(CC)N(CCO)Cc1noc(C2CC2)n1. The monoisotopic (exact) mass is 253 g/mol. The van der Waals surface area contributed by atoms with Gasteiger partial charge >= 0.3 is 0 Å². The molecule has 5 nitrogen and oxygen atoms in total. The molecule has 1 fully saturated rings. The summed E-state index contributed by atoms with van der Waals surface area (Å²) in [5, 5.41) is 13.2. The van der Waals surface area contributed by atoms with Crippen molar-refractivity contribution in [2.45, 2.75) is 58.0 Å². The first-order valence-corrected chi connectivity index (χ1v) is 6.95. The molecule has 0 unspecified atom stereocenters. The van der Waals surface area contributed by atoms with E-state index in [-0.39, 0.29) is 6.61 Å². The van der Waals surface area contributed by atoms with Gasteiger partial charge in [-0.1, -0.05) is 19.0 Å². The van der Waals surface area contributed by atoms with Gasteiger partial charge in [-0.25, -0.2) is 0 Å². The fourth-order valence-corrected chi connectivity index (χ4v) is 2.33. The van der Waals surface area contributed by atoms with E-state index in [0.29, 0.717) is 25.0 Å². The smallest absolute Gasteiger partial charge is 0.229 e. The molecule has 0 amide bonds. The predicted molar refractivity (Wildman–Crippen MR) is 68.1 cm³/mol. The second-order valence-corrected chi connectivity index (χ2v) is 4.99. The average Bonchev–Trinajstić information content (AvgIpc) is 3.12. The van der Waals surface area contributed by atoms with Crippen LogP contribution in [0, 0.1) is 0 Å². The van der Waals surface area contributed by atoms with Crippen LogP contribution in [0.3, 0.4) is 0 Å². The van der Waals surface area contributed by atoms with Crippen molar-refractivity contribution in [3.8, 4) is 0 Å². The molecule has 1 aliphatic carbocycles. The molecular weight excluding hydrogens is 230 g/mol. The Bertz CT molecular complexity index is 359. The fraction of sp³-hybridized carbons (Fsp3) is 0.846. The van der Waals surface area contributed by atoms with Gasteiger partial charge in [-0.3, -0.25) is 4.90 Å². The van der Waals surface area contributed by atoms with Gasteiger partial charge in [0.05, 0.1) is 13.2 Å². The van der Waals surface area contributed by atoms with Crippen LogP contribution in [0.1, 0.15) is 57.2 Å². The van der Waals surface area contributed by atoms with Gasteiger partial charge in [0.15, 0.2) is 5.82 Å². The quantitative estimate of drug-likeness (QED) is 0.767. The van der Waals surface area contributed by atoms with Gasteiger partial charge in [-0.05, 0) is 25.7 Å². The molecule has 0 spiro atoms. The number of rotatable bonds is 8. The molecule has 18 heavy (non-hydrogen) atoms. The number of aliphatic hydroxyl groups is 1. The van der Waals surface area contributed by atoms with Crippen LogP contribution in [-0.2, 0) is 6.54 Å². The van der Waals surface area contributed by atoms with Crippen molar-refractivity contribution in [2.75, 3.05) is 13.2 Å². The Labute approximate surface area is 108 Å². The molecule has 1 saturated carbocycles. The molecule has 102 valence electrons. The van der Waals surface area contributed by atoms with E-state index in [4.69, 9.17) is 9.63 Å². The molecule has 0 saturated heterocycles. The van der Waals surface area contributed by atoms with E-state index >= 15 is 0 Å². The average molecular weight is 253 g/mol. The maximum absolute atomic E-state index is 9.15. The summed E-state index contributed by atoms with van der Waals surface area (Å²) in [7, 11) is 0. The summed E-state index contributed by atoms with van der Waals surface area (Å²) in [5.74, 6) is 2.04. The Balaban J connectivity index is 1.97. The Morgan fingerprint density at radius 3 is 2.67 bits per heavy atom. The van der Waals surface area contributed by atoms with Crippen molar-refractivity contribution < 1.29 is 9.63 Å². The van der Waals surface area contributed by atoms with Crippen molar-refractivity contribution in [1.29, 1.82) is 0 Å². The lowest BCUT2D eigenvalue weighted by Gasteiger charge is -2.28. The van der Waals surface area contributed by atoms with E-state index in [2.05, 4.69) is 28.9 Å². The highest BCUT2D eigenvalue weighted by Crippen LogP contribution is 2.38. The Hall–Kier alpha value is -0.940. The first-order chi connectivity index (χ1) is 8.78. The Morgan fingerprint density at radius 1 is 1.39 bits per heavy atom. The van der Waals surface area contributed by atoms with Crippen molar-refractivity contribution in [1.82, 2.24) is 15.0 Å². The van der Waals surface area contributed by atoms with Crippen molar-refractivity contribution in [3.05, 3.63) is 11.7 Å². The number of nitrogens with zero attached hydrogens (tertiary/aromatic N) is 3. The van der Waals surface area contributed by atoms with Crippen LogP contribution in [0.5, 0.6) is 0 Å². The third-order valence-corrected chi connectivity index (χ3v) is 3.60. The summed E-state index contributed by atoms with van der Waals surface area (Å²) in [4.78, 5) is 6.68. The number of hydrogen-bond acceptors (Lipinski definition) is 5. The lowest BCUT2D eigenvalue weighted by atomic mass is 10.1. The van der Waals surface area contributed by atoms with E-state index in [1.807, 2.05) is 0 Å². The summed E-state index contributed by atoms with van der Waals surface area (Å²) in [6.45, 7) is 5.85. The van der Waals surface area contributed by atoms with Crippen LogP contribution in [0.25, 0.3) is 0 Å². The first kappa shape index (κ1) is 13.5. The largest absolute Gasteiger partial charge is 0.395 e. The van der Waals surface area contributed by atoms with Crippen LogP contribution in [0.4, 0.5) is 0 Å². The summed E-state index contributed by atoms with van der Waals surface area (Å²) in [6.07, 6.45) is 4.50. The minimum atomic E-state index is 0.170. The highest BCUT2D eigenvalue weighted by molar-refractivity contribution is 5.01. The molecular formula is C13H23N3O2. The molecule has 1 N–H and O–H groups in total. The number of aromatic nitrogens is 2. The normalized spacial score (nSPS) is 15.8. The van der Waals surface area contributed by atoms with Crippen molar-refractivity contribution in [3.63, 3.8) is 0 Å². The Morgan fingerprint density at radius 2 is 2.11 bits per heavy atom. The van der Waals surface area contributed by atoms with E-state index in [9.17, 15) is 0 Å². The highest BCUT2D eigenvalue weighted by Gasteiger charge is 2.30. The standard InChI is InChI=1S/C13H23N3O2/c1-3-11(4-2)16(7-8-17)9-12-14-13(18-15-12)10-5-6-10/h10-11,17H,3-9H2,1-2H3. The zero-order valence-corrected chi connectivity index (χ0v) is 11.3. The zero-order chi connectivity index (χ0) is 13.0. The maximum atomic E-state index is 9.15. The molecule has 1 heterocycles. The molecule has 0 aromatic carbocycles. The van der Waals surface area contributed by atoms with Crippen molar-refractivity contribution >= 4 is 0 Å². The first-order valence-electron chi connectivity index (χ1n) is 6.95. The van der Waals surface area contributed by atoms with Gasteiger partial charge in [-0.2, -0.15) is 4.98 Å². The molecule has 0 radical (unpaired) electrons. The lowest BCUT2D eigenvalue weighted by molar-refractivity contribution is 0.132. The lowest BCUT2D eigenvalue weighted by Crippen LogP contribution is -2.36. The van der Waals surface area contributed by atoms with Crippen LogP contribution < -0.4 is 0 Å². The third-order valence-electron chi connectivity index (χ3n) is 3.60. The van der Waals surface area contributed by atoms with Crippen LogP contribution in [0.2, 0.25) is 0 Å². The van der Waals surface area contributed by atoms with Crippen LogP contribution in [-0.4, -0.2) is 39.3 Å². The fourth-order valence-electron chi connectivity index (χ4n) is 2.33. The molecule has 1 aliphatic rings. The van der Waals surface area contributed by atoms with Gasteiger partial charge < -0.3 is 9.63 Å². The van der Waals surface area contributed by atoms with Crippen LogP contribution in [0.15, 0.2) is 4.52 Å². The zero-order valence-electron chi connectivity index (χ0n) is 11.3. The summed E-state index contributed by atoms with van der Waals surface area (Å²) >= 11 is 0. The van der Waals surface area contributed by atoms with Gasteiger partial charge in [0.25, 0.3) is 0 Å². The second-order valence-electron chi connectivity index (χ2n) is 4.99. The minimum absolute atomic E-state index is 0.170. The van der Waals surface area contributed by atoms with E-state index < -0.39 is 0 Å². The van der Waals surface area contributed by atoms with Gasteiger partial charge in [-0.15, -0.1) is 0 Å². The maximum Gasteiger partial charge on any atom is 0.229 e. The summed E-state index contributed by atoms with van der Waals surface area (Å²) in [5.41, 5.74) is 0.